The van der Waals surface area contributed by atoms with Crippen LogP contribution < -0.4 is 15.8 Å². The molecule has 7 heteroatoms. The molecule has 1 rings (SSSR count). The van der Waals surface area contributed by atoms with Crippen molar-refractivity contribution in [3.05, 3.63) is 28.8 Å². The molecule has 0 saturated heterocycles. The molecule has 0 spiro atoms. The average Bonchev–Trinajstić information content (AvgIpc) is 2.45. The second-order valence-corrected chi connectivity index (χ2v) is 5.75. The van der Waals surface area contributed by atoms with Crippen LogP contribution in [0.5, 0.6) is 5.75 Å². The summed E-state index contributed by atoms with van der Waals surface area (Å²) in [6, 6.07) is 6.41. The fraction of sp³-hybridized carbons (Fsp3) is 0.400. The van der Waals surface area contributed by atoms with Crippen LogP contribution in [-0.4, -0.2) is 24.0 Å². The number of halogens is 1. The highest BCUT2D eigenvalue weighted by atomic mass is 35.5. The van der Waals surface area contributed by atoms with Crippen LogP contribution in [-0.2, 0) is 4.79 Å². The van der Waals surface area contributed by atoms with E-state index in [9.17, 15) is 9.59 Å². The van der Waals surface area contributed by atoms with Gasteiger partial charge in [0, 0.05) is 5.02 Å². The normalized spacial score (nSPS) is 13.1. The molecule has 2 amide bonds. The lowest BCUT2D eigenvalue weighted by Gasteiger charge is -2.27. The van der Waals surface area contributed by atoms with Crippen molar-refractivity contribution in [2.24, 2.45) is 11.7 Å². The van der Waals surface area contributed by atoms with Crippen LogP contribution in [0.3, 0.4) is 0 Å². The lowest BCUT2D eigenvalue weighted by molar-refractivity contribution is -0.124. The molecule has 22 heavy (non-hydrogen) atoms. The van der Waals surface area contributed by atoms with Crippen molar-refractivity contribution >= 4 is 23.4 Å². The fourth-order valence-electron chi connectivity index (χ4n) is 1.59. The number of nitrogens with two attached hydrogens (primary N) is 1. The predicted molar refractivity (Wildman–Crippen MR) is 82.5 cm³/mol. The summed E-state index contributed by atoms with van der Waals surface area (Å²) in [4.78, 5) is 23.2. The topological polar surface area (TPSA) is 105 Å². The Balaban J connectivity index is 2.77. The highest BCUT2D eigenvalue weighted by Gasteiger charge is 2.30. The van der Waals surface area contributed by atoms with Crippen LogP contribution in [0.1, 0.15) is 31.1 Å². The molecule has 0 radical (unpaired) electrons. The maximum atomic E-state index is 11.9. The van der Waals surface area contributed by atoms with Gasteiger partial charge in [0.1, 0.15) is 11.3 Å². The van der Waals surface area contributed by atoms with Crippen LogP contribution in [0.15, 0.2) is 18.2 Å². The number of primary amides is 1. The number of nitrogens with one attached hydrogen (secondary N) is 1. The van der Waals surface area contributed by atoms with E-state index in [0.29, 0.717) is 5.02 Å². The van der Waals surface area contributed by atoms with Crippen LogP contribution in [0.4, 0.5) is 0 Å². The number of benzene rings is 1. The molecule has 1 atom stereocenters. The molecule has 0 heterocycles. The number of hydrogen-bond donors (Lipinski definition) is 2. The smallest absolute Gasteiger partial charge is 0.259 e. The number of carbonyl (C=O) groups excluding carboxylic acids is 2. The van der Waals surface area contributed by atoms with Gasteiger partial charge in [0.15, 0.2) is 6.61 Å². The second-order valence-electron chi connectivity index (χ2n) is 5.31. The van der Waals surface area contributed by atoms with E-state index >= 15 is 0 Å². The number of hydrogen-bond acceptors (Lipinski definition) is 4. The Hall–Kier alpha value is -2.26. The summed E-state index contributed by atoms with van der Waals surface area (Å²) >= 11 is 5.79. The molecule has 0 fully saturated rings. The Morgan fingerprint density at radius 3 is 2.64 bits per heavy atom. The van der Waals surface area contributed by atoms with Crippen LogP contribution in [0.25, 0.3) is 0 Å². The van der Waals surface area contributed by atoms with Gasteiger partial charge in [-0.15, -0.1) is 0 Å². The largest absolute Gasteiger partial charge is 0.483 e. The third-order valence-corrected chi connectivity index (χ3v) is 3.59. The zero-order valence-electron chi connectivity index (χ0n) is 12.6. The van der Waals surface area contributed by atoms with Crippen molar-refractivity contribution in [2.75, 3.05) is 6.61 Å². The highest BCUT2D eigenvalue weighted by Crippen LogP contribution is 2.22. The highest BCUT2D eigenvalue weighted by molar-refractivity contribution is 6.31. The molecule has 6 nitrogen and oxygen atoms in total. The van der Waals surface area contributed by atoms with Crippen LogP contribution in [0.2, 0.25) is 5.02 Å². The van der Waals surface area contributed by atoms with E-state index in [-0.39, 0.29) is 23.8 Å². The molecular weight excluding hydrogens is 306 g/mol. The SMILES string of the molecule is CC(C)[C@](C)(C#N)NC(=O)COc1ccc(Cl)cc1C(N)=O. The lowest BCUT2D eigenvalue weighted by atomic mass is 9.90. The van der Waals surface area contributed by atoms with Gasteiger partial charge in [0.05, 0.1) is 11.6 Å². The Bertz CT molecular complexity index is 625. The molecule has 0 unspecified atom stereocenters. The molecule has 0 aliphatic rings. The minimum Gasteiger partial charge on any atom is -0.483 e. The molecule has 0 aliphatic carbocycles. The summed E-state index contributed by atoms with van der Waals surface area (Å²) in [5, 5.41) is 12.1. The molecule has 1 aromatic rings. The van der Waals surface area contributed by atoms with Crippen molar-refractivity contribution in [1.82, 2.24) is 5.32 Å². The summed E-state index contributed by atoms with van der Waals surface area (Å²) in [5.41, 5.74) is 4.33. The molecule has 0 aromatic heterocycles. The fourth-order valence-corrected chi connectivity index (χ4v) is 1.76. The van der Waals surface area contributed by atoms with E-state index in [0.717, 1.165) is 0 Å². The van der Waals surface area contributed by atoms with Gasteiger partial charge in [-0.2, -0.15) is 5.26 Å². The van der Waals surface area contributed by atoms with Gasteiger partial charge in [-0.1, -0.05) is 25.4 Å². The van der Waals surface area contributed by atoms with Crippen molar-refractivity contribution in [1.29, 1.82) is 5.26 Å². The maximum absolute atomic E-state index is 11.9. The number of carbonyl (C=O) groups is 2. The van der Waals surface area contributed by atoms with Crippen molar-refractivity contribution in [3.8, 4) is 11.8 Å². The molecule has 0 aliphatic heterocycles. The lowest BCUT2D eigenvalue weighted by Crippen LogP contribution is -2.50. The molecule has 118 valence electrons. The summed E-state index contributed by atoms with van der Waals surface area (Å²) < 4.78 is 5.30. The molecule has 0 bridgehead atoms. The van der Waals surface area contributed by atoms with E-state index in [1.807, 2.05) is 13.8 Å². The Morgan fingerprint density at radius 2 is 2.14 bits per heavy atom. The van der Waals surface area contributed by atoms with Gasteiger partial charge in [-0.3, -0.25) is 9.59 Å². The third kappa shape index (κ3) is 4.37. The van der Waals surface area contributed by atoms with Crippen molar-refractivity contribution in [3.63, 3.8) is 0 Å². The van der Waals surface area contributed by atoms with E-state index in [1.54, 1.807) is 6.92 Å². The van der Waals surface area contributed by atoms with Crippen LogP contribution in [0, 0.1) is 17.2 Å². The Morgan fingerprint density at radius 1 is 1.50 bits per heavy atom. The van der Waals surface area contributed by atoms with E-state index in [2.05, 4.69) is 11.4 Å². The maximum Gasteiger partial charge on any atom is 0.259 e. The van der Waals surface area contributed by atoms with E-state index in [1.165, 1.54) is 18.2 Å². The number of nitriles is 1. The van der Waals surface area contributed by atoms with E-state index in [4.69, 9.17) is 27.3 Å². The first kappa shape index (κ1) is 17.8. The molecular formula is C15H18ClN3O3. The van der Waals surface area contributed by atoms with Crippen molar-refractivity contribution < 1.29 is 14.3 Å². The first-order valence-electron chi connectivity index (χ1n) is 6.64. The van der Waals surface area contributed by atoms with Crippen LogP contribution >= 0.6 is 11.6 Å². The summed E-state index contributed by atoms with van der Waals surface area (Å²) in [5.74, 6) is -1.08. The predicted octanol–water partition coefficient (Wildman–Crippen LogP) is 1.87. The quantitative estimate of drug-likeness (QED) is 0.833. The Kier molecular flexibility index (Phi) is 5.77. The number of amides is 2. The van der Waals surface area contributed by atoms with Gasteiger partial charge in [-0.25, -0.2) is 0 Å². The Labute approximate surface area is 134 Å². The van der Waals surface area contributed by atoms with Gasteiger partial charge in [0.25, 0.3) is 11.8 Å². The van der Waals surface area contributed by atoms with E-state index < -0.39 is 17.4 Å². The summed E-state index contributed by atoms with van der Waals surface area (Å²) in [6.45, 7) is 4.95. The van der Waals surface area contributed by atoms with Gasteiger partial charge in [-0.05, 0) is 31.0 Å². The average molecular weight is 324 g/mol. The first-order chi connectivity index (χ1) is 10.2. The number of nitrogens with zero attached hydrogens (tertiary/aromatic N) is 1. The number of ether oxygens (including phenoxy) is 1. The first-order valence-corrected chi connectivity index (χ1v) is 7.02. The zero-order chi connectivity index (χ0) is 16.9. The molecule has 0 saturated carbocycles. The minimum atomic E-state index is -0.993. The standard InChI is InChI=1S/C15H18ClN3O3/c1-9(2)15(3,8-17)19-13(20)7-22-12-5-4-10(16)6-11(12)14(18)21/h4-6,9H,7H2,1-3H3,(H2,18,21)(H,19,20)/t15-/m0/s1. The monoisotopic (exact) mass is 323 g/mol. The summed E-state index contributed by atoms with van der Waals surface area (Å²) in [6.07, 6.45) is 0. The molecule has 1 aromatic carbocycles. The van der Waals surface area contributed by atoms with Gasteiger partial charge >= 0.3 is 0 Å². The second kappa shape index (κ2) is 7.14. The molecule has 3 N–H and O–H groups in total. The van der Waals surface area contributed by atoms with Gasteiger partial charge < -0.3 is 15.8 Å². The zero-order valence-corrected chi connectivity index (χ0v) is 13.4. The number of rotatable bonds is 6. The minimum absolute atomic E-state index is 0.0711. The van der Waals surface area contributed by atoms with Gasteiger partial charge in [0.2, 0.25) is 0 Å². The summed E-state index contributed by atoms with van der Waals surface area (Å²) in [7, 11) is 0. The van der Waals surface area contributed by atoms with Crippen molar-refractivity contribution in [2.45, 2.75) is 26.3 Å². The third-order valence-electron chi connectivity index (χ3n) is 3.35.